The zero-order valence-corrected chi connectivity index (χ0v) is 20.4. The van der Waals surface area contributed by atoms with E-state index in [1.54, 1.807) is 4.90 Å². The maximum absolute atomic E-state index is 12.8. The molecule has 10 N–H and O–H groups in total. The number of hydrogen-bond acceptors (Lipinski definition) is 6. The number of carbonyl (C=O) groups is 2. The Balaban J connectivity index is 1.39. The van der Waals surface area contributed by atoms with Crippen molar-refractivity contribution in [2.45, 2.75) is 31.6 Å². The van der Waals surface area contributed by atoms with Crippen molar-refractivity contribution in [2.24, 2.45) is 22.2 Å². The molecule has 11 nitrogen and oxygen atoms in total. The quantitative estimate of drug-likeness (QED) is 0.178. The molecule has 2 aromatic carbocycles. The molecule has 4 rings (SSSR count). The molecule has 3 amide bonds. The molecule has 2 aliphatic heterocycles. The van der Waals surface area contributed by atoms with Crippen molar-refractivity contribution in [1.29, 1.82) is 0 Å². The van der Waals surface area contributed by atoms with Crippen LogP contribution < -0.4 is 38.1 Å². The predicted molar refractivity (Wildman–Crippen MR) is 143 cm³/mol. The minimum absolute atomic E-state index is 0.0407. The monoisotopic (exact) mass is 504 g/mol. The third kappa shape index (κ3) is 6.66. The number of fused-ring (bicyclic) bond motifs is 1. The summed E-state index contributed by atoms with van der Waals surface area (Å²) in [6.07, 6.45) is 4.32. The lowest BCUT2D eigenvalue weighted by Crippen LogP contribution is -2.51. The van der Waals surface area contributed by atoms with Gasteiger partial charge in [-0.3, -0.25) is 14.7 Å². The molecule has 0 spiro atoms. The Hall–Kier alpha value is -4.35. The second-order valence-corrected chi connectivity index (χ2v) is 8.93. The van der Waals surface area contributed by atoms with E-state index in [1.165, 1.54) is 0 Å². The molecule has 0 aromatic heterocycles. The summed E-state index contributed by atoms with van der Waals surface area (Å²) in [5, 5.41) is 18.3. The van der Waals surface area contributed by atoms with Gasteiger partial charge >= 0.3 is 6.03 Å². The van der Waals surface area contributed by atoms with Crippen molar-refractivity contribution in [3.05, 3.63) is 83.1 Å². The molecule has 0 saturated heterocycles. The zero-order valence-electron chi connectivity index (χ0n) is 20.4. The second kappa shape index (κ2) is 11.6. The van der Waals surface area contributed by atoms with E-state index in [2.05, 4.69) is 20.9 Å². The van der Waals surface area contributed by atoms with Gasteiger partial charge in [-0.25, -0.2) is 4.79 Å². The molecule has 0 fully saturated rings. The lowest BCUT2D eigenvalue weighted by atomic mass is 10.0. The predicted octanol–water partition coefficient (Wildman–Crippen LogP) is 0.212. The highest BCUT2D eigenvalue weighted by Crippen LogP contribution is 2.28. The van der Waals surface area contributed by atoms with E-state index in [9.17, 15) is 9.59 Å². The van der Waals surface area contributed by atoms with Gasteiger partial charge in [0.05, 0.1) is 18.8 Å². The number of rotatable bonds is 10. The normalized spacial score (nSPS) is 17.1. The van der Waals surface area contributed by atoms with Crippen LogP contribution in [-0.2, 0) is 17.8 Å². The van der Waals surface area contributed by atoms with Crippen molar-refractivity contribution in [2.75, 3.05) is 18.1 Å². The number of guanidine groups is 1. The number of nitrogens with zero attached hydrogens (tertiary/aromatic N) is 2. The molecule has 2 atom stereocenters. The van der Waals surface area contributed by atoms with Crippen LogP contribution in [0, 0.1) is 0 Å². The van der Waals surface area contributed by atoms with Gasteiger partial charge in [0.2, 0.25) is 5.91 Å². The molecule has 194 valence electrons. The van der Waals surface area contributed by atoms with Crippen LogP contribution in [0.25, 0.3) is 5.70 Å². The van der Waals surface area contributed by atoms with Crippen LogP contribution in [-0.4, -0.2) is 48.4 Å². The maximum atomic E-state index is 12.8. The highest BCUT2D eigenvalue weighted by atomic mass is 16.3. The fraction of sp³-hybridized carbons (Fsp3) is 0.269. The van der Waals surface area contributed by atoms with Crippen LogP contribution in [0.2, 0.25) is 0 Å². The van der Waals surface area contributed by atoms with Crippen LogP contribution >= 0.6 is 0 Å². The maximum Gasteiger partial charge on any atom is 0.327 e. The summed E-state index contributed by atoms with van der Waals surface area (Å²) < 4.78 is 0. The minimum atomic E-state index is -0.310. The highest BCUT2D eigenvalue weighted by Gasteiger charge is 2.31. The summed E-state index contributed by atoms with van der Waals surface area (Å²) in [6, 6.07) is 14.8. The summed E-state index contributed by atoms with van der Waals surface area (Å²) in [5.74, 6) is -0.193. The summed E-state index contributed by atoms with van der Waals surface area (Å²) in [4.78, 5) is 30.1. The van der Waals surface area contributed by atoms with Gasteiger partial charge in [0.15, 0.2) is 5.96 Å². The van der Waals surface area contributed by atoms with E-state index < -0.39 is 0 Å². The molecule has 2 aliphatic rings. The SMILES string of the molecule is NC(N)=NCCC(=O)NCc1ccc(N2C=C3C=C(c4ccc(CC(N)CO)cc4)NC3NC2=O)cc1. The topological polar surface area (TPSA) is 184 Å². The van der Waals surface area contributed by atoms with E-state index in [4.69, 9.17) is 22.3 Å². The van der Waals surface area contributed by atoms with Gasteiger partial charge < -0.3 is 38.3 Å². The second-order valence-electron chi connectivity index (χ2n) is 8.93. The first-order valence-electron chi connectivity index (χ1n) is 12.0. The minimum Gasteiger partial charge on any atom is -0.395 e. The molecule has 0 radical (unpaired) electrons. The van der Waals surface area contributed by atoms with Gasteiger partial charge in [-0.05, 0) is 41.3 Å². The lowest BCUT2D eigenvalue weighted by Gasteiger charge is -2.29. The molecule has 11 heteroatoms. The summed E-state index contributed by atoms with van der Waals surface area (Å²) in [5.41, 5.74) is 21.8. The molecule has 37 heavy (non-hydrogen) atoms. The molecular weight excluding hydrogens is 472 g/mol. The van der Waals surface area contributed by atoms with Crippen molar-refractivity contribution in [3.8, 4) is 0 Å². The van der Waals surface area contributed by atoms with Gasteiger partial charge in [0.25, 0.3) is 0 Å². The fourth-order valence-electron chi connectivity index (χ4n) is 4.06. The average Bonchev–Trinajstić information content (AvgIpc) is 3.30. The van der Waals surface area contributed by atoms with Crippen LogP contribution in [0.4, 0.5) is 10.5 Å². The average molecular weight is 505 g/mol. The van der Waals surface area contributed by atoms with Crippen LogP contribution in [0.3, 0.4) is 0 Å². The molecular formula is C26H32N8O3. The Bertz CT molecular complexity index is 1220. The summed E-state index contributed by atoms with van der Waals surface area (Å²) in [6.45, 7) is 0.543. The van der Waals surface area contributed by atoms with Crippen molar-refractivity contribution in [1.82, 2.24) is 16.0 Å². The zero-order chi connectivity index (χ0) is 26.4. The molecule has 0 bridgehead atoms. The molecule has 2 unspecified atom stereocenters. The van der Waals surface area contributed by atoms with Crippen molar-refractivity contribution in [3.63, 3.8) is 0 Å². The van der Waals surface area contributed by atoms with E-state index in [-0.39, 0.29) is 49.7 Å². The number of nitrogens with two attached hydrogens (primary N) is 3. The number of carbonyl (C=O) groups excluding carboxylic acids is 2. The number of anilines is 1. The number of amides is 3. The van der Waals surface area contributed by atoms with Gasteiger partial charge in [-0.15, -0.1) is 0 Å². The Morgan fingerprint density at radius 3 is 2.46 bits per heavy atom. The summed E-state index contributed by atoms with van der Waals surface area (Å²) >= 11 is 0. The number of aliphatic hydroxyl groups is 1. The van der Waals surface area contributed by atoms with E-state index in [0.29, 0.717) is 18.7 Å². The molecule has 2 aromatic rings. The van der Waals surface area contributed by atoms with Gasteiger partial charge in [-0.1, -0.05) is 36.4 Å². The van der Waals surface area contributed by atoms with Crippen LogP contribution in [0.15, 0.2) is 71.4 Å². The van der Waals surface area contributed by atoms with Gasteiger partial charge in [-0.2, -0.15) is 0 Å². The number of urea groups is 1. The number of hydrogen-bond donors (Lipinski definition) is 7. The number of aliphatic hydroxyl groups excluding tert-OH is 1. The Morgan fingerprint density at radius 1 is 1.08 bits per heavy atom. The number of aliphatic imine (C=N–C) groups is 1. The number of nitrogens with one attached hydrogen (secondary N) is 3. The molecule has 0 saturated carbocycles. The number of benzene rings is 2. The first-order valence-corrected chi connectivity index (χ1v) is 12.0. The lowest BCUT2D eigenvalue weighted by molar-refractivity contribution is -0.121. The van der Waals surface area contributed by atoms with Crippen molar-refractivity contribution < 1.29 is 14.7 Å². The highest BCUT2D eigenvalue weighted by molar-refractivity contribution is 5.96. The Labute approximate surface area is 215 Å². The Morgan fingerprint density at radius 2 is 1.78 bits per heavy atom. The largest absolute Gasteiger partial charge is 0.395 e. The third-order valence-electron chi connectivity index (χ3n) is 6.04. The first-order chi connectivity index (χ1) is 17.8. The van der Waals surface area contributed by atoms with Crippen LogP contribution in [0.1, 0.15) is 23.1 Å². The van der Waals surface area contributed by atoms with E-state index >= 15 is 0 Å². The first kappa shape index (κ1) is 25.7. The van der Waals surface area contributed by atoms with Gasteiger partial charge in [0.1, 0.15) is 6.17 Å². The molecule has 0 aliphatic carbocycles. The van der Waals surface area contributed by atoms with Crippen LogP contribution in [0.5, 0.6) is 0 Å². The molecule has 2 heterocycles. The van der Waals surface area contributed by atoms with Gasteiger partial charge in [0, 0.05) is 36.5 Å². The third-order valence-corrected chi connectivity index (χ3v) is 6.04. The summed E-state index contributed by atoms with van der Waals surface area (Å²) in [7, 11) is 0. The smallest absolute Gasteiger partial charge is 0.327 e. The standard InChI is InChI=1S/C26H32N8O3/c27-20(15-35)11-16-1-5-18(6-2-16)22-12-19-14-34(26(37)33-24(19)32-22)21-7-3-17(4-8-21)13-31-23(36)9-10-30-25(28)29/h1-8,12,14,20,24,32,35H,9-11,13,15,27H2,(H,31,36)(H,33,37)(H4,28,29,30). The Kier molecular flexibility index (Phi) is 8.06. The van der Waals surface area contributed by atoms with Crippen molar-refractivity contribution >= 4 is 29.3 Å². The fourth-order valence-corrected chi connectivity index (χ4v) is 4.06. The van der Waals surface area contributed by atoms with E-state index in [0.717, 1.165) is 28.0 Å². The van der Waals surface area contributed by atoms with E-state index in [1.807, 2.05) is 60.8 Å².